The lowest BCUT2D eigenvalue weighted by Gasteiger charge is -2.41. The van der Waals surface area contributed by atoms with Gasteiger partial charge in [0.25, 0.3) is 5.92 Å². The number of carbonyl (C=O) groups is 1. The van der Waals surface area contributed by atoms with Crippen molar-refractivity contribution in [1.29, 1.82) is 0 Å². The minimum absolute atomic E-state index is 0.0411. The van der Waals surface area contributed by atoms with Crippen LogP contribution < -0.4 is 16.4 Å². The molecule has 0 bridgehead atoms. The Bertz CT molecular complexity index is 1090. The summed E-state index contributed by atoms with van der Waals surface area (Å²) in [5.41, 5.74) is 3.60. The minimum Gasteiger partial charge on any atom is -0.382 e. The first kappa shape index (κ1) is 18.9. The lowest BCUT2D eigenvalue weighted by Crippen LogP contribution is -2.61. The number of nitrogen functional groups attached to an aromatic ring is 1. The Kier molecular flexibility index (Phi) is 4.04. The monoisotopic (exact) mass is 415 g/mol. The molecule has 3 aliphatic rings. The van der Waals surface area contributed by atoms with Gasteiger partial charge in [-0.15, -0.1) is 0 Å². The molecule has 156 valence electrons. The molecule has 2 aliphatic carbocycles. The van der Waals surface area contributed by atoms with E-state index in [1.54, 1.807) is 12.3 Å². The molecule has 2 amide bonds. The number of halogens is 3. The van der Waals surface area contributed by atoms with Gasteiger partial charge in [0.2, 0.25) is 0 Å². The molecule has 6 nitrogen and oxygen atoms in total. The number of hydrogen-bond acceptors (Lipinski definition) is 3. The highest BCUT2D eigenvalue weighted by Crippen LogP contribution is 2.54. The summed E-state index contributed by atoms with van der Waals surface area (Å²) in [5.74, 6) is 0.968. The van der Waals surface area contributed by atoms with Crippen LogP contribution in [0.1, 0.15) is 36.8 Å². The SMILES string of the molecule is Nc1ccn(Cc2cc3c(cc2F)[C@@](C#CC2CC2)(C(F)(F)C2CC2)NC(=O)N3)n1. The fourth-order valence-electron chi connectivity index (χ4n) is 3.82. The predicted octanol–water partition coefficient (Wildman–Crippen LogP) is 3.44. The van der Waals surface area contributed by atoms with Gasteiger partial charge in [-0.2, -0.15) is 5.10 Å². The zero-order valence-corrected chi connectivity index (χ0v) is 16.0. The summed E-state index contributed by atoms with van der Waals surface area (Å²) in [6.07, 6.45) is 3.97. The fourth-order valence-corrected chi connectivity index (χ4v) is 3.82. The molecule has 4 N–H and O–H groups in total. The first-order chi connectivity index (χ1) is 14.3. The highest BCUT2D eigenvalue weighted by atomic mass is 19.3. The number of alkyl halides is 2. The summed E-state index contributed by atoms with van der Waals surface area (Å²) < 4.78 is 47.6. The number of rotatable bonds is 4. The van der Waals surface area contributed by atoms with Crippen molar-refractivity contribution in [3.63, 3.8) is 0 Å². The zero-order valence-electron chi connectivity index (χ0n) is 16.0. The van der Waals surface area contributed by atoms with Gasteiger partial charge in [-0.3, -0.25) is 4.68 Å². The molecule has 1 aromatic carbocycles. The number of amides is 2. The van der Waals surface area contributed by atoms with Crippen molar-refractivity contribution < 1.29 is 18.0 Å². The Labute approximate surface area is 171 Å². The van der Waals surface area contributed by atoms with Crippen LogP contribution >= 0.6 is 0 Å². The maximum atomic E-state index is 15.6. The van der Waals surface area contributed by atoms with Gasteiger partial charge in [0.05, 0.1) is 6.54 Å². The lowest BCUT2D eigenvalue weighted by molar-refractivity contribution is -0.0847. The summed E-state index contributed by atoms with van der Waals surface area (Å²) in [6, 6.07) is 3.21. The second-order valence-corrected chi connectivity index (χ2v) is 8.20. The van der Waals surface area contributed by atoms with Gasteiger partial charge in [-0.25, -0.2) is 18.0 Å². The van der Waals surface area contributed by atoms with Crippen LogP contribution in [0.3, 0.4) is 0 Å². The molecule has 5 rings (SSSR count). The van der Waals surface area contributed by atoms with Gasteiger partial charge >= 0.3 is 6.03 Å². The molecule has 0 saturated heterocycles. The largest absolute Gasteiger partial charge is 0.382 e. The molecule has 9 heteroatoms. The average molecular weight is 415 g/mol. The molecule has 1 aromatic heterocycles. The minimum atomic E-state index is -3.33. The second-order valence-electron chi connectivity index (χ2n) is 8.20. The van der Waals surface area contributed by atoms with Crippen molar-refractivity contribution in [2.75, 3.05) is 11.1 Å². The summed E-state index contributed by atoms with van der Waals surface area (Å²) >= 11 is 0. The van der Waals surface area contributed by atoms with E-state index in [0.29, 0.717) is 12.8 Å². The van der Waals surface area contributed by atoms with Crippen LogP contribution in [0.2, 0.25) is 0 Å². The van der Waals surface area contributed by atoms with Crippen molar-refractivity contribution in [3.8, 4) is 11.8 Å². The quantitative estimate of drug-likeness (QED) is 0.669. The molecule has 30 heavy (non-hydrogen) atoms. The number of urea groups is 1. The van der Waals surface area contributed by atoms with Gasteiger partial charge in [0.1, 0.15) is 11.6 Å². The number of nitrogens with two attached hydrogens (primary N) is 1. The maximum Gasteiger partial charge on any atom is 0.320 e. The molecule has 0 unspecified atom stereocenters. The number of nitrogens with zero attached hydrogens (tertiary/aromatic N) is 2. The summed E-state index contributed by atoms with van der Waals surface area (Å²) in [6.45, 7) is 0.0411. The van der Waals surface area contributed by atoms with Crippen LogP contribution in [-0.4, -0.2) is 21.7 Å². The number of fused-ring (bicyclic) bond motifs is 1. The van der Waals surface area contributed by atoms with Gasteiger partial charge < -0.3 is 16.4 Å². The predicted molar refractivity (Wildman–Crippen MR) is 104 cm³/mol. The third-order valence-corrected chi connectivity index (χ3v) is 5.76. The third-order valence-electron chi connectivity index (χ3n) is 5.76. The number of nitrogens with one attached hydrogen (secondary N) is 2. The van der Waals surface area contributed by atoms with E-state index >= 15 is 13.2 Å². The standard InChI is InChI=1S/C21H20F3N5O/c22-16-10-15-17(9-13(16)11-29-8-6-18(25)28-29)26-19(30)27-20(15,7-5-12-1-2-12)21(23,24)14-3-4-14/h6,8-10,12,14H,1-4,11H2,(H2,25,28)(H2,26,27,30)/t20-/m0/s1. The van der Waals surface area contributed by atoms with E-state index in [-0.39, 0.29) is 35.1 Å². The molecule has 2 aromatic rings. The first-order valence-corrected chi connectivity index (χ1v) is 9.90. The second kappa shape index (κ2) is 6.42. The number of aromatic nitrogens is 2. The van der Waals surface area contributed by atoms with Gasteiger partial charge in [0, 0.05) is 34.8 Å². The van der Waals surface area contributed by atoms with Gasteiger partial charge in [-0.05, 0) is 43.9 Å². The molecule has 2 heterocycles. The van der Waals surface area contributed by atoms with E-state index in [0.717, 1.165) is 18.9 Å². The topological polar surface area (TPSA) is 85.0 Å². The fraction of sp³-hybridized carbons (Fsp3) is 0.429. The molecule has 2 saturated carbocycles. The molecule has 0 spiro atoms. The van der Waals surface area contributed by atoms with Crippen LogP contribution in [0.15, 0.2) is 24.4 Å². The van der Waals surface area contributed by atoms with Gasteiger partial charge in [-0.1, -0.05) is 11.8 Å². The van der Waals surface area contributed by atoms with Crippen LogP contribution in [0, 0.1) is 29.5 Å². The van der Waals surface area contributed by atoms with E-state index in [1.807, 2.05) is 0 Å². The van der Waals surface area contributed by atoms with E-state index in [1.165, 1.54) is 10.7 Å². The molecule has 0 radical (unpaired) electrons. The summed E-state index contributed by atoms with van der Waals surface area (Å²) in [5, 5.41) is 8.91. The smallest absolute Gasteiger partial charge is 0.320 e. The van der Waals surface area contributed by atoms with E-state index in [4.69, 9.17) is 5.73 Å². The normalized spacial score (nSPS) is 23.1. The van der Waals surface area contributed by atoms with Crippen molar-refractivity contribution >= 4 is 17.5 Å². The highest BCUT2D eigenvalue weighted by Gasteiger charge is 2.64. The molecular formula is C21H20F3N5O. The van der Waals surface area contributed by atoms with Crippen LogP contribution in [-0.2, 0) is 12.1 Å². The van der Waals surface area contributed by atoms with Crippen molar-refractivity contribution in [3.05, 3.63) is 41.3 Å². The number of benzene rings is 1. The Balaban J connectivity index is 1.63. The molecular weight excluding hydrogens is 395 g/mol. The number of anilines is 2. The third kappa shape index (κ3) is 3.07. The van der Waals surface area contributed by atoms with E-state index in [9.17, 15) is 4.79 Å². The maximum absolute atomic E-state index is 15.6. The number of carbonyl (C=O) groups excluding carboxylic acids is 1. The highest BCUT2D eigenvalue weighted by molar-refractivity contribution is 5.95. The first-order valence-electron chi connectivity index (χ1n) is 9.90. The van der Waals surface area contributed by atoms with Crippen molar-refractivity contribution in [2.24, 2.45) is 11.8 Å². The molecule has 1 aliphatic heterocycles. The molecule has 2 fully saturated rings. The van der Waals surface area contributed by atoms with Crippen molar-refractivity contribution in [2.45, 2.75) is 43.7 Å². The van der Waals surface area contributed by atoms with Crippen molar-refractivity contribution in [1.82, 2.24) is 15.1 Å². The Morgan fingerprint density at radius 2 is 2.07 bits per heavy atom. The van der Waals surface area contributed by atoms with Gasteiger partial charge in [0.15, 0.2) is 5.54 Å². The van der Waals surface area contributed by atoms with Crippen LogP contribution in [0.5, 0.6) is 0 Å². The average Bonchev–Trinajstić information content (AvgIpc) is 3.59. The number of hydrogen-bond donors (Lipinski definition) is 3. The van der Waals surface area contributed by atoms with E-state index < -0.39 is 29.2 Å². The lowest BCUT2D eigenvalue weighted by atomic mass is 9.78. The Hall–Kier alpha value is -3.15. The zero-order chi connectivity index (χ0) is 21.1. The summed E-state index contributed by atoms with van der Waals surface area (Å²) in [4.78, 5) is 12.4. The van der Waals surface area contributed by atoms with Crippen LogP contribution in [0.25, 0.3) is 0 Å². The Morgan fingerprint density at radius 1 is 1.30 bits per heavy atom. The van der Waals surface area contributed by atoms with E-state index in [2.05, 4.69) is 27.6 Å². The van der Waals surface area contributed by atoms with Crippen LogP contribution in [0.4, 0.5) is 29.5 Å². The Morgan fingerprint density at radius 3 is 2.70 bits per heavy atom. The summed E-state index contributed by atoms with van der Waals surface area (Å²) in [7, 11) is 0. The molecule has 1 atom stereocenters.